The predicted octanol–water partition coefficient (Wildman–Crippen LogP) is 3.43. The van der Waals surface area contributed by atoms with E-state index in [0.717, 1.165) is 17.1 Å². The van der Waals surface area contributed by atoms with Crippen LogP contribution in [0.15, 0.2) is 59.8 Å². The van der Waals surface area contributed by atoms with E-state index in [9.17, 15) is 4.79 Å². The van der Waals surface area contributed by atoms with Crippen LogP contribution in [0.2, 0.25) is 0 Å². The number of nitrogens with zero attached hydrogens (tertiary/aromatic N) is 2. The Balaban J connectivity index is 1.52. The summed E-state index contributed by atoms with van der Waals surface area (Å²) in [5, 5.41) is 10.6. The molecule has 5 nitrogen and oxygen atoms in total. The number of rotatable bonds is 6. The van der Waals surface area contributed by atoms with Crippen molar-refractivity contribution in [1.29, 1.82) is 0 Å². The maximum Gasteiger partial charge on any atom is 0.234 e. The lowest BCUT2D eigenvalue weighted by atomic mass is 10.1. The Hall–Kier alpha value is -2.60. The first-order chi connectivity index (χ1) is 11.7. The second kappa shape index (κ2) is 7.79. The van der Waals surface area contributed by atoms with Crippen LogP contribution >= 0.6 is 11.8 Å². The van der Waals surface area contributed by atoms with E-state index in [-0.39, 0.29) is 11.7 Å². The van der Waals surface area contributed by atoms with Crippen molar-refractivity contribution in [2.75, 3.05) is 11.1 Å². The summed E-state index contributed by atoms with van der Waals surface area (Å²) in [6, 6.07) is 17.8. The number of para-hydroxylation sites is 1. The molecule has 1 aromatic heterocycles. The van der Waals surface area contributed by atoms with E-state index in [1.807, 2.05) is 61.5 Å². The molecule has 0 saturated heterocycles. The van der Waals surface area contributed by atoms with E-state index in [1.54, 1.807) is 0 Å². The quantitative estimate of drug-likeness (QED) is 0.676. The molecule has 1 heterocycles. The summed E-state index contributed by atoms with van der Waals surface area (Å²) in [6.07, 6.45) is 0.698. The third-order valence-electron chi connectivity index (χ3n) is 3.48. The van der Waals surface area contributed by atoms with E-state index in [1.165, 1.54) is 17.3 Å². The van der Waals surface area contributed by atoms with Crippen molar-refractivity contribution in [3.05, 3.63) is 71.5 Å². The summed E-state index contributed by atoms with van der Waals surface area (Å²) in [6.45, 7) is 1.97. The molecule has 122 valence electrons. The lowest BCUT2D eigenvalue weighted by Crippen LogP contribution is -2.14. The molecular formula is C18H18N4OS. The summed E-state index contributed by atoms with van der Waals surface area (Å²) in [5.41, 5.74) is 3.05. The maximum atomic E-state index is 12.0. The minimum Gasteiger partial charge on any atom is -0.325 e. The number of nitrogens with one attached hydrogen (secondary N) is 2. The minimum atomic E-state index is -0.0660. The predicted molar refractivity (Wildman–Crippen MR) is 96.2 cm³/mol. The van der Waals surface area contributed by atoms with Gasteiger partial charge in [-0.25, -0.2) is 4.98 Å². The standard InChI is InChI=1S/C18H18N4OS/c1-13-7-5-6-10-15(13)19-17(23)12-24-18-20-16(21-22-18)11-14-8-3-2-4-9-14/h2-10H,11-12H2,1H3,(H,19,23)(H,20,21,22). The summed E-state index contributed by atoms with van der Waals surface area (Å²) in [5.74, 6) is 1.00. The van der Waals surface area contributed by atoms with Crippen molar-refractivity contribution >= 4 is 23.4 Å². The van der Waals surface area contributed by atoms with Crippen LogP contribution in [-0.2, 0) is 11.2 Å². The molecule has 0 unspecified atom stereocenters. The molecule has 3 rings (SSSR count). The molecule has 2 aromatic carbocycles. The molecule has 0 aliphatic carbocycles. The average Bonchev–Trinajstić information content (AvgIpc) is 3.03. The van der Waals surface area contributed by atoms with E-state index in [4.69, 9.17) is 0 Å². The van der Waals surface area contributed by atoms with Crippen molar-refractivity contribution in [1.82, 2.24) is 15.2 Å². The molecule has 0 bridgehead atoms. The van der Waals surface area contributed by atoms with Gasteiger partial charge in [0, 0.05) is 12.1 Å². The van der Waals surface area contributed by atoms with Crippen LogP contribution < -0.4 is 5.32 Å². The van der Waals surface area contributed by atoms with Crippen molar-refractivity contribution in [3.8, 4) is 0 Å². The number of H-pyrrole nitrogens is 1. The smallest absolute Gasteiger partial charge is 0.234 e. The van der Waals surface area contributed by atoms with E-state index < -0.39 is 0 Å². The molecule has 3 aromatic rings. The maximum absolute atomic E-state index is 12.0. The SMILES string of the molecule is Cc1ccccc1NC(=O)CSc1n[nH]c(Cc2ccccc2)n1. The Morgan fingerprint density at radius 1 is 1.12 bits per heavy atom. The Morgan fingerprint density at radius 3 is 2.67 bits per heavy atom. The molecule has 2 N–H and O–H groups in total. The molecule has 0 spiro atoms. The minimum absolute atomic E-state index is 0.0660. The fourth-order valence-electron chi connectivity index (χ4n) is 2.24. The Bertz CT molecular complexity index is 817. The fraction of sp³-hybridized carbons (Fsp3) is 0.167. The number of aromatic nitrogens is 3. The van der Waals surface area contributed by atoms with Crippen LogP contribution in [0.4, 0.5) is 5.69 Å². The van der Waals surface area contributed by atoms with E-state index >= 15 is 0 Å². The first kappa shape index (κ1) is 16.3. The van der Waals surface area contributed by atoms with E-state index in [0.29, 0.717) is 11.6 Å². The number of amides is 1. The van der Waals surface area contributed by atoms with Crippen molar-refractivity contribution in [2.24, 2.45) is 0 Å². The Morgan fingerprint density at radius 2 is 1.88 bits per heavy atom. The third kappa shape index (κ3) is 4.45. The van der Waals surface area contributed by atoms with Gasteiger partial charge in [-0.1, -0.05) is 60.3 Å². The van der Waals surface area contributed by atoms with Gasteiger partial charge in [-0.3, -0.25) is 9.89 Å². The molecule has 0 fully saturated rings. The molecule has 6 heteroatoms. The van der Waals surface area contributed by atoms with Gasteiger partial charge in [-0.15, -0.1) is 5.10 Å². The highest BCUT2D eigenvalue weighted by atomic mass is 32.2. The number of aromatic amines is 1. The highest BCUT2D eigenvalue weighted by Crippen LogP contribution is 2.16. The van der Waals surface area contributed by atoms with Gasteiger partial charge in [0.15, 0.2) is 0 Å². The number of benzene rings is 2. The molecule has 0 atom stereocenters. The van der Waals surface area contributed by atoms with Crippen LogP contribution in [0.5, 0.6) is 0 Å². The van der Waals surface area contributed by atoms with Crippen molar-refractivity contribution in [3.63, 3.8) is 0 Å². The Kier molecular flexibility index (Phi) is 5.28. The van der Waals surface area contributed by atoms with Gasteiger partial charge in [0.1, 0.15) is 5.82 Å². The molecule has 0 aliphatic rings. The van der Waals surface area contributed by atoms with Gasteiger partial charge in [0.25, 0.3) is 0 Å². The van der Waals surface area contributed by atoms with Gasteiger partial charge in [-0.2, -0.15) is 0 Å². The lowest BCUT2D eigenvalue weighted by molar-refractivity contribution is -0.113. The number of thioether (sulfide) groups is 1. The number of carbonyl (C=O) groups excluding carboxylic acids is 1. The number of hydrogen-bond acceptors (Lipinski definition) is 4. The van der Waals surface area contributed by atoms with Gasteiger partial charge in [0.2, 0.25) is 11.1 Å². The molecular weight excluding hydrogens is 320 g/mol. The second-order valence-electron chi connectivity index (χ2n) is 5.38. The number of hydrogen-bond donors (Lipinski definition) is 2. The van der Waals surface area contributed by atoms with Gasteiger partial charge >= 0.3 is 0 Å². The van der Waals surface area contributed by atoms with E-state index in [2.05, 4.69) is 20.5 Å². The highest BCUT2D eigenvalue weighted by Gasteiger charge is 2.09. The zero-order chi connectivity index (χ0) is 16.8. The number of anilines is 1. The Labute approximate surface area is 144 Å². The molecule has 1 amide bonds. The fourth-order valence-corrected chi connectivity index (χ4v) is 2.86. The summed E-state index contributed by atoms with van der Waals surface area (Å²) in [4.78, 5) is 16.5. The summed E-state index contributed by atoms with van der Waals surface area (Å²) in [7, 11) is 0. The van der Waals surface area contributed by atoms with Crippen molar-refractivity contribution in [2.45, 2.75) is 18.5 Å². The van der Waals surface area contributed by atoms with Gasteiger partial charge in [0.05, 0.1) is 5.75 Å². The van der Waals surface area contributed by atoms with Gasteiger partial charge < -0.3 is 5.32 Å². The van der Waals surface area contributed by atoms with Crippen LogP contribution in [0.1, 0.15) is 17.0 Å². The summed E-state index contributed by atoms with van der Waals surface area (Å²) < 4.78 is 0. The average molecular weight is 338 g/mol. The molecule has 0 radical (unpaired) electrons. The van der Waals surface area contributed by atoms with Crippen LogP contribution in [0.25, 0.3) is 0 Å². The lowest BCUT2D eigenvalue weighted by Gasteiger charge is -2.06. The van der Waals surface area contributed by atoms with Crippen molar-refractivity contribution < 1.29 is 4.79 Å². The van der Waals surface area contributed by atoms with Crippen LogP contribution in [0.3, 0.4) is 0 Å². The van der Waals surface area contributed by atoms with Crippen LogP contribution in [-0.4, -0.2) is 26.8 Å². The zero-order valence-electron chi connectivity index (χ0n) is 13.3. The third-order valence-corrected chi connectivity index (χ3v) is 4.32. The normalized spacial score (nSPS) is 10.5. The van der Waals surface area contributed by atoms with Crippen LogP contribution in [0, 0.1) is 6.92 Å². The highest BCUT2D eigenvalue weighted by molar-refractivity contribution is 7.99. The second-order valence-corrected chi connectivity index (χ2v) is 6.32. The number of carbonyl (C=O) groups is 1. The largest absolute Gasteiger partial charge is 0.325 e. The molecule has 0 saturated carbocycles. The first-order valence-corrected chi connectivity index (χ1v) is 8.63. The topological polar surface area (TPSA) is 70.7 Å². The van der Waals surface area contributed by atoms with Gasteiger partial charge in [-0.05, 0) is 24.1 Å². The first-order valence-electron chi connectivity index (χ1n) is 7.64. The molecule has 0 aliphatic heterocycles. The number of aryl methyl sites for hydroxylation is 1. The summed E-state index contributed by atoms with van der Waals surface area (Å²) >= 11 is 1.32. The zero-order valence-corrected chi connectivity index (χ0v) is 14.1. The molecule has 24 heavy (non-hydrogen) atoms. The monoisotopic (exact) mass is 338 g/mol.